The average molecular weight is 352 g/mol. The largest absolute Gasteiger partial charge is 0.493 e. The number of carbonyl (C=O) groups is 1. The zero-order chi connectivity index (χ0) is 17.9. The van der Waals surface area contributed by atoms with Gasteiger partial charge in [-0.3, -0.25) is 9.78 Å². The predicted octanol–water partition coefficient (Wildman–Crippen LogP) is 3.38. The molecule has 7 heteroatoms. The highest BCUT2D eigenvalue weighted by atomic mass is 16.6. The van der Waals surface area contributed by atoms with Gasteiger partial charge in [0.15, 0.2) is 11.5 Å². The van der Waals surface area contributed by atoms with Crippen molar-refractivity contribution in [2.24, 2.45) is 0 Å². The van der Waals surface area contributed by atoms with Gasteiger partial charge in [0, 0.05) is 18.0 Å². The lowest BCUT2D eigenvalue weighted by atomic mass is 10.1. The van der Waals surface area contributed by atoms with E-state index in [1.807, 2.05) is 0 Å². The number of benzene rings is 2. The number of nitrogens with zero attached hydrogens (tertiary/aromatic N) is 1. The number of methoxy groups -OCH3 is 1. The molecule has 4 rings (SSSR count). The summed E-state index contributed by atoms with van der Waals surface area (Å²) in [6.07, 6.45) is 2.29. The SMILES string of the molecule is COc1cc2nccc(Oc3ccc(NC=O)cc3)c2c2c1OCCO2. The molecule has 1 aliphatic rings. The van der Waals surface area contributed by atoms with E-state index in [4.69, 9.17) is 18.9 Å². The van der Waals surface area contributed by atoms with Crippen LogP contribution in [0.5, 0.6) is 28.7 Å². The number of nitrogens with one attached hydrogen (secondary N) is 1. The number of amides is 1. The standard InChI is InChI=1S/C19H16N2O5/c1-23-16-10-14-17(19-18(16)24-8-9-25-19)15(6-7-20-14)26-13-4-2-12(3-5-13)21-11-22/h2-7,10-11H,8-9H2,1H3,(H,21,22). The lowest BCUT2D eigenvalue weighted by Gasteiger charge is -2.23. The highest BCUT2D eigenvalue weighted by Gasteiger charge is 2.24. The number of rotatable bonds is 5. The minimum absolute atomic E-state index is 0.440. The Hall–Kier alpha value is -3.48. The van der Waals surface area contributed by atoms with Gasteiger partial charge in [0.05, 0.1) is 18.0 Å². The van der Waals surface area contributed by atoms with Gasteiger partial charge in [0.1, 0.15) is 24.7 Å². The van der Waals surface area contributed by atoms with Crippen molar-refractivity contribution in [2.75, 3.05) is 25.6 Å². The fourth-order valence-corrected chi connectivity index (χ4v) is 2.82. The van der Waals surface area contributed by atoms with Crippen LogP contribution in [0.2, 0.25) is 0 Å². The molecule has 26 heavy (non-hydrogen) atoms. The molecule has 0 atom stereocenters. The zero-order valence-corrected chi connectivity index (χ0v) is 14.0. The monoisotopic (exact) mass is 352 g/mol. The van der Waals surface area contributed by atoms with Gasteiger partial charge in [-0.2, -0.15) is 0 Å². The van der Waals surface area contributed by atoms with Gasteiger partial charge in [0.25, 0.3) is 0 Å². The van der Waals surface area contributed by atoms with Crippen molar-refractivity contribution in [3.05, 3.63) is 42.6 Å². The molecular formula is C19H16N2O5. The first-order chi connectivity index (χ1) is 12.8. The molecule has 2 heterocycles. The van der Waals surface area contributed by atoms with E-state index in [9.17, 15) is 4.79 Å². The van der Waals surface area contributed by atoms with Crippen LogP contribution < -0.4 is 24.3 Å². The van der Waals surface area contributed by atoms with Crippen molar-refractivity contribution < 1.29 is 23.7 Å². The molecule has 0 spiro atoms. The molecule has 0 saturated heterocycles. The van der Waals surface area contributed by atoms with Crippen molar-refractivity contribution in [2.45, 2.75) is 0 Å². The second-order valence-electron chi connectivity index (χ2n) is 5.53. The summed E-state index contributed by atoms with van der Waals surface area (Å²) in [5.74, 6) is 2.90. The minimum atomic E-state index is 0.440. The summed E-state index contributed by atoms with van der Waals surface area (Å²) in [6, 6.07) is 10.6. The number of hydrogen-bond donors (Lipinski definition) is 1. The van der Waals surface area contributed by atoms with Crippen LogP contribution in [0.1, 0.15) is 0 Å². The molecule has 7 nitrogen and oxygen atoms in total. The third kappa shape index (κ3) is 2.83. The normalized spacial score (nSPS) is 12.5. The Balaban J connectivity index is 1.79. The van der Waals surface area contributed by atoms with Gasteiger partial charge in [-0.05, 0) is 30.3 Å². The molecule has 0 unspecified atom stereocenters. The van der Waals surface area contributed by atoms with Gasteiger partial charge in [-0.25, -0.2) is 0 Å². The minimum Gasteiger partial charge on any atom is -0.493 e. The van der Waals surface area contributed by atoms with Crippen LogP contribution in [-0.4, -0.2) is 31.7 Å². The second kappa shape index (κ2) is 6.79. The van der Waals surface area contributed by atoms with E-state index < -0.39 is 0 Å². The summed E-state index contributed by atoms with van der Waals surface area (Å²) in [6.45, 7) is 0.895. The molecule has 3 aromatic rings. The van der Waals surface area contributed by atoms with Crippen LogP contribution >= 0.6 is 0 Å². The van der Waals surface area contributed by atoms with E-state index in [1.165, 1.54) is 0 Å². The molecule has 1 aromatic heterocycles. The Morgan fingerprint density at radius 3 is 2.58 bits per heavy atom. The van der Waals surface area contributed by atoms with Crippen molar-refractivity contribution in [1.82, 2.24) is 4.98 Å². The van der Waals surface area contributed by atoms with E-state index in [-0.39, 0.29) is 0 Å². The highest BCUT2D eigenvalue weighted by Crippen LogP contribution is 2.48. The lowest BCUT2D eigenvalue weighted by Crippen LogP contribution is -2.16. The van der Waals surface area contributed by atoms with Gasteiger partial charge in [-0.1, -0.05) is 0 Å². The maximum absolute atomic E-state index is 10.5. The molecule has 0 saturated carbocycles. The van der Waals surface area contributed by atoms with Gasteiger partial charge < -0.3 is 24.3 Å². The number of aromatic nitrogens is 1. The van der Waals surface area contributed by atoms with Crippen molar-refractivity contribution in [3.8, 4) is 28.7 Å². The quantitative estimate of drug-likeness (QED) is 0.709. The third-order valence-corrected chi connectivity index (χ3v) is 3.97. The first-order valence-electron chi connectivity index (χ1n) is 8.03. The summed E-state index contributed by atoms with van der Waals surface area (Å²) in [5, 5.41) is 3.31. The number of pyridine rings is 1. The average Bonchev–Trinajstić information content (AvgIpc) is 2.69. The van der Waals surface area contributed by atoms with Crippen molar-refractivity contribution >= 4 is 23.0 Å². The Labute approximate surface area is 149 Å². The van der Waals surface area contributed by atoms with E-state index in [2.05, 4.69) is 10.3 Å². The number of ether oxygens (including phenoxy) is 4. The first kappa shape index (κ1) is 16.0. The first-order valence-corrected chi connectivity index (χ1v) is 8.03. The van der Waals surface area contributed by atoms with Gasteiger partial charge >= 0.3 is 0 Å². The Morgan fingerprint density at radius 2 is 1.85 bits per heavy atom. The highest BCUT2D eigenvalue weighted by molar-refractivity contribution is 5.95. The molecule has 0 radical (unpaired) electrons. The maximum Gasteiger partial charge on any atom is 0.211 e. The molecule has 0 aliphatic carbocycles. The van der Waals surface area contributed by atoms with E-state index in [0.717, 1.165) is 5.39 Å². The number of anilines is 1. The van der Waals surface area contributed by atoms with Crippen molar-refractivity contribution in [1.29, 1.82) is 0 Å². The van der Waals surface area contributed by atoms with Crippen LogP contribution in [0.4, 0.5) is 5.69 Å². The summed E-state index contributed by atoms with van der Waals surface area (Å²) in [4.78, 5) is 14.9. The van der Waals surface area contributed by atoms with Crippen LogP contribution in [-0.2, 0) is 4.79 Å². The lowest BCUT2D eigenvalue weighted by molar-refractivity contribution is -0.105. The van der Waals surface area contributed by atoms with Crippen LogP contribution in [0, 0.1) is 0 Å². The molecule has 0 bridgehead atoms. The smallest absolute Gasteiger partial charge is 0.211 e. The number of fused-ring (bicyclic) bond motifs is 3. The summed E-state index contributed by atoms with van der Waals surface area (Å²) in [7, 11) is 1.58. The Kier molecular flexibility index (Phi) is 4.18. The third-order valence-electron chi connectivity index (χ3n) is 3.97. The molecular weight excluding hydrogens is 336 g/mol. The van der Waals surface area contributed by atoms with Gasteiger partial charge in [0.2, 0.25) is 12.2 Å². The molecule has 2 aromatic carbocycles. The molecule has 132 valence electrons. The molecule has 0 fully saturated rings. The maximum atomic E-state index is 10.5. The second-order valence-corrected chi connectivity index (χ2v) is 5.53. The zero-order valence-electron chi connectivity index (χ0n) is 14.0. The summed E-state index contributed by atoms with van der Waals surface area (Å²) < 4.78 is 23.0. The summed E-state index contributed by atoms with van der Waals surface area (Å²) in [5.41, 5.74) is 1.37. The van der Waals surface area contributed by atoms with Crippen molar-refractivity contribution in [3.63, 3.8) is 0 Å². The van der Waals surface area contributed by atoms with E-state index in [1.54, 1.807) is 49.7 Å². The van der Waals surface area contributed by atoms with Gasteiger partial charge in [-0.15, -0.1) is 0 Å². The Morgan fingerprint density at radius 1 is 1.08 bits per heavy atom. The fourth-order valence-electron chi connectivity index (χ4n) is 2.82. The fraction of sp³-hybridized carbons (Fsp3) is 0.158. The predicted molar refractivity (Wildman–Crippen MR) is 95.5 cm³/mol. The van der Waals surface area contributed by atoms with Crippen LogP contribution in [0.3, 0.4) is 0 Å². The number of hydrogen-bond acceptors (Lipinski definition) is 6. The van der Waals surface area contributed by atoms with E-state index in [0.29, 0.717) is 59.6 Å². The molecule has 1 aliphatic heterocycles. The van der Waals surface area contributed by atoms with Crippen LogP contribution in [0.25, 0.3) is 10.9 Å². The summed E-state index contributed by atoms with van der Waals surface area (Å²) >= 11 is 0. The number of carbonyl (C=O) groups excluding carboxylic acids is 1. The molecule has 1 amide bonds. The van der Waals surface area contributed by atoms with Crippen LogP contribution in [0.15, 0.2) is 42.6 Å². The van der Waals surface area contributed by atoms with E-state index >= 15 is 0 Å². The Bertz CT molecular complexity index is 956. The topological polar surface area (TPSA) is 78.9 Å². The molecule has 1 N–H and O–H groups in total.